The smallest absolute Gasteiger partial charge is 0.251 e. The number of nitrogens with one attached hydrogen (secondary N) is 2. The van der Waals surface area contributed by atoms with Gasteiger partial charge in [0.05, 0.1) is 18.2 Å². The number of ether oxygens (including phenoxy) is 2. The van der Waals surface area contributed by atoms with E-state index in [1.54, 1.807) is 26.0 Å². The molecule has 0 spiro atoms. The average molecular weight is 361 g/mol. The van der Waals surface area contributed by atoms with Gasteiger partial charge in [0.25, 0.3) is 5.91 Å². The van der Waals surface area contributed by atoms with Gasteiger partial charge < -0.3 is 20.1 Å². The number of rotatable bonds is 4. The highest BCUT2D eigenvalue weighted by atomic mass is 35.5. The molecule has 1 aromatic carbocycles. The largest absolute Gasteiger partial charge is 0.380 e. The van der Waals surface area contributed by atoms with Crippen LogP contribution in [0.25, 0.3) is 0 Å². The Morgan fingerprint density at radius 1 is 1.50 bits per heavy atom. The van der Waals surface area contributed by atoms with Crippen molar-refractivity contribution in [1.82, 2.24) is 10.6 Å². The van der Waals surface area contributed by atoms with Crippen LogP contribution < -0.4 is 10.6 Å². The number of hydrogen-bond acceptors (Lipinski definition) is 4. The van der Waals surface area contributed by atoms with Crippen LogP contribution in [-0.4, -0.2) is 51.5 Å². The van der Waals surface area contributed by atoms with E-state index >= 15 is 0 Å². The standard InChI is InChI=1S/C11H22N2O3.C6H4ClF/c1-11(2,15-3)10(14)13-7-9-6-12-4-5-16-8-9;7-5-3-1-2-4-6(5)8/h9,12H,4-8H2,1-3H3,(H,13,14);1-4H. The van der Waals surface area contributed by atoms with Gasteiger partial charge >= 0.3 is 0 Å². The Balaban J connectivity index is 0.000000300. The van der Waals surface area contributed by atoms with E-state index in [0.29, 0.717) is 19.1 Å². The van der Waals surface area contributed by atoms with Crippen LogP contribution in [0.15, 0.2) is 24.3 Å². The number of amides is 1. The summed E-state index contributed by atoms with van der Waals surface area (Å²) < 4.78 is 22.7. The maximum absolute atomic E-state index is 12.2. The molecule has 1 aliphatic heterocycles. The topological polar surface area (TPSA) is 59.6 Å². The van der Waals surface area contributed by atoms with Crippen molar-refractivity contribution in [3.63, 3.8) is 0 Å². The molecular weight excluding hydrogens is 335 g/mol. The Hall–Kier alpha value is -1.21. The normalized spacial score (nSPS) is 18.1. The quantitative estimate of drug-likeness (QED) is 0.864. The Morgan fingerprint density at radius 2 is 2.21 bits per heavy atom. The van der Waals surface area contributed by atoms with Gasteiger partial charge in [-0.25, -0.2) is 4.39 Å². The second-order valence-corrected chi connectivity index (χ2v) is 6.39. The molecule has 2 N–H and O–H groups in total. The highest BCUT2D eigenvalue weighted by molar-refractivity contribution is 6.30. The first-order valence-electron chi connectivity index (χ1n) is 7.88. The fourth-order valence-electron chi connectivity index (χ4n) is 1.87. The van der Waals surface area contributed by atoms with Gasteiger partial charge in [-0.2, -0.15) is 0 Å². The maximum Gasteiger partial charge on any atom is 0.251 e. The molecule has 1 saturated heterocycles. The summed E-state index contributed by atoms with van der Waals surface area (Å²) >= 11 is 5.33. The fourth-order valence-corrected chi connectivity index (χ4v) is 2.01. The fraction of sp³-hybridized carbons (Fsp3) is 0.588. The Kier molecular flexibility index (Phi) is 9.21. The monoisotopic (exact) mass is 360 g/mol. The first-order valence-corrected chi connectivity index (χ1v) is 8.26. The molecule has 5 nitrogen and oxygen atoms in total. The lowest BCUT2D eigenvalue weighted by Gasteiger charge is -2.23. The van der Waals surface area contributed by atoms with E-state index in [4.69, 9.17) is 21.1 Å². The van der Waals surface area contributed by atoms with E-state index in [2.05, 4.69) is 10.6 Å². The SMILES string of the molecule is COC(C)(C)C(=O)NCC1CNCCOC1.Fc1ccccc1Cl. The van der Waals surface area contributed by atoms with E-state index in [1.807, 2.05) is 0 Å². The predicted molar refractivity (Wildman–Crippen MR) is 92.7 cm³/mol. The Bertz CT molecular complexity index is 485. The third-order valence-corrected chi connectivity index (χ3v) is 3.95. The van der Waals surface area contributed by atoms with Crippen molar-refractivity contribution in [3.05, 3.63) is 35.1 Å². The number of benzene rings is 1. The van der Waals surface area contributed by atoms with Gasteiger partial charge in [-0.15, -0.1) is 0 Å². The number of carbonyl (C=O) groups is 1. The van der Waals surface area contributed by atoms with Crippen LogP contribution in [0.4, 0.5) is 4.39 Å². The van der Waals surface area contributed by atoms with Gasteiger partial charge in [-0.1, -0.05) is 23.7 Å². The minimum absolute atomic E-state index is 0.0840. The second kappa shape index (κ2) is 10.6. The lowest BCUT2D eigenvalue weighted by atomic mass is 10.1. The zero-order chi connectivity index (χ0) is 18.0. The van der Waals surface area contributed by atoms with E-state index in [1.165, 1.54) is 19.2 Å². The molecule has 1 heterocycles. The van der Waals surface area contributed by atoms with Crippen LogP contribution >= 0.6 is 11.6 Å². The van der Waals surface area contributed by atoms with Crippen molar-refractivity contribution in [2.45, 2.75) is 19.4 Å². The van der Waals surface area contributed by atoms with Crippen LogP contribution in [0.1, 0.15) is 13.8 Å². The summed E-state index contributed by atoms with van der Waals surface area (Å²) in [6.07, 6.45) is 0. The van der Waals surface area contributed by atoms with Gasteiger partial charge in [0.15, 0.2) is 0 Å². The molecule has 0 radical (unpaired) electrons. The number of hydrogen-bond donors (Lipinski definition) is 2. The van der Waals surface area contributed by atoms with Crippen LogP contribution in [0.3, 0.4) is 0 Å². The molecule has 0 aliphatic carbocycles. The predicted octanol–water partition coefficient (Wildman–Crippen LogP) is 2.24. The van der Waals surface area contributed by atoms with Gasteiger partial charge in [-0.3, -0.25) is 4.79 Å². The molecule has 1 fully saturated rings. The highest BCUT2D eigenvalue weighted by Gasteiger charge is 2.27. The second-order valence-electron chi connectivity index (χ2n) is 5.98. The number of methoxy groups -OCH3 is 1. The summed E-state index contributed by atoms with van der Waals surface area (Å²) in [6.45, 7) is 7.34. The zero-order valence-corrected chi connectivity index (χ0v) is 15.2. The molecule has 0 bridgehead atoms. The molecule has 24 heavy (non-hydrogen) atoms. The average Bonchev–Trinajstić information content (AvgIpc) is 2.84. The van der Waals surface area contributed by atoms with Gasteiger partial charge in [-0.05, 0) is 26.0 Å². The van der Waals surface area contributed by atoms with Crippen molar-refractivity contribution in [2.75, 3.05) is 40.0 Å². The highest BCUT2D eigenvalue weighted by Crippen LogP contribution is 2.11. The molecule has 7 heteroatoms. The molecule has 136 valence electrons. The first-order chi connectivity index (χ1) is 11.4. The third-order valence-electron chi connectivity index (χ3n) is 3.64. The Labute approximate surface area is 147 Å². The van der Waals surface area contributed by atoms with Crippen LogP contribution in [0, 0.1) is 11.7 Å². The zero-order valence-electron chi connectivity index (χ0n) is 14.4. The Morgan fingerprint density at radius 3 is 2.79 bits per heavy atom. The van der Waals surface area contributed by atoms with Gasteiger partial charge in [0, 0.05) is 32.7 Å². The van der Waals surface area contributed by atoms with E-state index < -0.39 is 5.60 Å². The molecule has 1 amide bonds. The molecule has 0 saturated carbocycles. The number of halogens is 2. The van der Waals surface area contributed by atoms with E-state index in [-0.39, 0.29) is 16.7 Å². The van der Waals surface area contributed by atoms with Crippen LogP contribution in [0.2, 0.25) is 5.02 Å². The van der Waals surface area contributed by atoms with E-state index in [9.17, 15) is 9.18 Å². The van der Waals surface area contributed by atoms with Gasteiger partial charge in [0.1, 0.15) is 11.4 Å². The maximum atomic E-state index is 12.2. The van der Waals surface area contributed by atoms with Crippen LogP contribution in [0.5, 0.6) is 0 Å². The summed E-state index contributed by atoms with van der Waals surface area (Å²) in [5, 5.41) is 6.33. The number of carbonyl (C=O) groups excluding carboxylic acids is 1. The van der Waals surface area contributed by atoms with Crippen molar-refractivity contribution in [2.24, 2.45) is 5.92 Å². The lowest BCUT2D eigenvalue weighted by molar-refractivity contribution is -0.139. The third kappa shape index (κ3) is 7.57. The summed E-state index contributed by atoms with van der Waals surface area (Å²) in [7, 11) is 1.54. The minimum atomic E-state index is -0.765. The molecule has 1 aliphatic rings. The molecule has 1 aromatic rings. The summed E-state index contributed by atoms with van der Waals surface area (Å²) in [4.78, 5) is 11.7. The van der Waals surface area contributed by atoms with Gasteiger partial charge in [0.2, 0.25) is 0 Å². The molecule has 1 unspecified atom stereocenters. The summed E-state index contributed by atoms with van der Waals surface area (Å²) in [5.41, 5.74) is -0.765. The van der Waals surface area contributed by atoms with Crippen LogP contribution in [-0.2, 0) is 14.3 Å². The minimum Gasteiger partial charge on any atom is -0.380 e. The van der Waals surface area contributed by atoms with Crippen molar-refractivity contribution in [1.29, 1.82) is 0 Å². The summed E-state index contributed by atoms with van der Waals surface area (Å²) in [5.74, 6) is -0.118. The first kappa shape index (κ1) is 20.8. The molecular formula is C17H26ClFN2O3. The summed E-state index contributed by atoms with van der Waals surface area (Å²) in [6, 6.07) is 6.12. The molecule has 0 aromatic heterocycles. The van der Waals surface area contributed by atoms with E-state index in [0.717, 1.165) is 19.7 Å². The van der Waals surface area contributed by atoms with Crippen molar-refractivity contribution in [3.8, 4) is 0 Å². The molecule has 2 rings (SSSR count). The van der Waals surface area contributed by atoms with Crippen molar-refractivity contribution >= 4 is 17.5 Å². The molecule has 1 atom stereocenters. The van der Waals surface area contributed by atoms with Crippen molar-refractivity contribution < 1.29 is 18.7 Å². The lowest BCUT2D eigenvalue weighted by Crippen LogP contribution is -2.46.